The minimum Gasteiger partial charge on any atom is -0.478 e. The van der Waals surface area contributed by atoms with Crippen molar-refractivity contribution in [2.24, 2.45) is 0 Å². The summed E-state index contributed by atoms with van der Waals surface area (Å²) in [7, 11) is 0. The van der Waals surface area contributed by atoms with E-state index in [1.165, 1.54) is 12.2 Å². The summed E-state index contributed by atoms with van der Waals surface area (Å²) in [5.41, 5.74) is 0. The first-order valence-electron chi connectivity index (χ1n) is 2.67. The predicted octanol–water partition coefficient (Wildman–Crippen LogP) is 0.189. The van der Waals surface area contributed by atoms with Crippen molar-refractivity contribution in [1.82, 2.24) is 0 Å². The van der Waals surface area contributed by atoms with Gasteiger partial charge in [0.25, 0.3) is 6.47 Å². The van der Waals surface area contributed by atoms with Gasteiger partial charge in [0.15, 0.2) is 0 Å². The van der Waals surface area contributed by atoms with Gasteiger partial charge >= 0.3 is 5.97 Å². The Labute approximate surface area is 58.1 Å². The lowest BCUT2D eigenvalue weighted by Crippen LogP contribution is -2.20. The Morgan fingerprint density at radius 3 is 2.60 bits per heavy atom. The Kier molecular flexibility index (Phi) is 3.95. The van der Waals surface area contributed by atoms with Gasteiger partial charge in [0.2, 0.25) is 6.10 Å². The second kappa shape index (κ2) is 4.55. The van der Waals surface area contributed by atoms with E-state index >= 15 is 0 Å². The summed E-state index contributed by atoms with van der Waals surface area (Å²) in [5.74, 6) is -1.18. The molecule has 0 amide bonds. The van der Waals surface area contributed by atoms with Crippen LogP contribution in [-0.4, -0.2) is 23.7 Å². The molecule has 1 atom stereocenters. The molecule has 0 spiro atoms. The molecule has 0 saturated heterocycles. The van der Waals surface area contributed by atoms with Gasteiger partial charge in [-0.25, -0.2) is 4.79 Å². The fourth-order valence-electron chi connectivity index (χ4n) is 0.421. The number of aliphatic carboxylic acids is 1. The van der Waals surface area contributed by atoms with Crippen molar-refractivity contribution in [3.63, 3.8) is 0 Å². The fourth-order valence-corrected chi connectivity index (χ4v) is 0.421. The van der Waals surface area contributed by atoms with E-state index in [1.807, 2.05) is 0 Å². The molecule has 0 heterocycles. The number of carboxylic acids is 1. The van der Waals surface area contributed by atoms with Crippen LogP contribution in [0.15, 0.2) is 12.2 Å². The van der Waals surface area contributed by atoms with E-state index in [-0.39, 0.29) is 6.47 Å². The highest BCUT2D eigenvalue weighted by atomic mass is 16.5. The quantitative estimate of drug-likeness (QED) is 0.451. The second-order valence-corrected chi connectivity index (χ2v) is 1.52. The third-order valence-electron chi connectivity index (χ3n) is 0.813. The number of hydrogen-bond donors (Lipinski definition) is 1. The molecule has 0 aliphatic rings. The van der Waals surface area contributed by atoms with Gasteiger partial charge in [-0.1, -0.05) is 6.08 Å². The van der Waals surface area contributed by atoms with Crippen molar-refractivity contribution in [2.75, 3.05) is 0 Å². The number of carbonyl (C=O) groups is 2. The molecule has 56 valence electrons. The SMILES string of the molecule is CC=CC(OC=O)C(=O)O. The number of allylic oxidation sites excluding steroid dienone is 1. The molecule has 0 aromatic rings. The van der Waals surface area contributed by atoms with Crippen LogP contribution in [0.25, 0.3) is 0 Å². The van der Waals surface area contributed by atoms with Crippen LogP contribution in [0.3, 0.4) is 0 Å². The summed E-state index contributed by atoms with van der Waals surface area (Å²) in [6.45, 7) is 1.75. The second-order valence-electron chi connectivity index (χ2n) is 1.52. The standard InChI is InChI=1S/C6H8O4/c1-2-3-5(6(8)9)10-4-7/h2-5H,1H3,(H,8,9). The molecule has 0 aromatic heterocycles. The summed E-state index contributed by atoms with van der Waals surface area (Å²) in [6, 6.07) is 0. The van der Waals surface area contributed by atoms with Gasteiger partial charge in [-0.15, -0.1) is 0 Å². The number of rotatable bonds is 4. The molecule has 0 bridgehead atoms. The largest absolute Gasteiger partial charge is 0.478 e. The number of carbonyl (C=O) groups excluding carboxylic acids is 1. The normalized spacial score (nSPS) is 12.9. The zero-order chi connectivity index (χ0) is 7.98. The molecule has 1 unspecified atom stereocenters. The van der Waals surface area contributed by atoms with E-state index in [2.05, 4.69) is 4.74 Å². The Morgan fingerprint density at radius 2 is 2.30 bits per heavy atom. The molecule has 0 aliphatic heterocycles. The molecule has 0 fully saturated rings. The first-order chi connectivity index (χ1) is 4.72. The van der Waals surface area contributed by atoms with Gasteiger partial charge < -0.3 is 9.84 Å². The summed E-state index contributed by atoms with van der Waals surface area (Å²) in [5, 5.41) is 8.30. The first-order valence-corrected chi connectivity index (χ1v) is 2.67. The van der Waals surface area contributed by atoms with Gasteiger partial charge in [-0.2, -0.15) is 0 Å². The fraction of sp³-hybridized carbons (Fsp3) is 0.333. The average molecular weight is 144 g/mol. The van der Waals surface area contributed by atoms with Gasteiger partial charge in [-0.05, 0) is 13.0 Å². The van der Waals surface area contributed by atoms with Crippen LogP contribution in [0, 0.1) is 0 Å². The highest BCUT2D eigenvalue weighted by Gasteiger charge is 2.12. The number of carboxylic acid groups (broad SMARTS) is 1. The zero-order valence-electron chi connectivity index (χ0n) is 5.48. The molecule has 1 N–H and O–H groups in total. The Hall–Kier alpha value is -1.32. The molecular formula is C6H8O4. The van der Waals surface area contributed by atoms with Crippen LogP contribution < -0.4 is 0 Å². The van der Waals surface area contributed by atoms with Crippen molar-refractivity contribution in [1.29, 1.82) is 0 Å². The molecule has 0 saturated carbocycles. The van der Waals surface area contributed by atoms with Crippen molar-refractivity contribution < 1.29 is 19.4 Å². The lowest BCUT2D eigenvalue weighted by molar-refractivity contribution is -0.153. The van der Waals surface area contributed by atoms with Gasteiger partial charge in [0.05, 0.1) is 0 Å². The summed E-state index contributed by atoms with van der Waals surface area (Å²) >= 11 is 0. The first kappa shape index (κ1) is 8.68. The average Bonchev–Trinajstić information content (AvgIpc) is 1.87. The van der Waals surface area contributed by atoms with Gasteiger partial charge in [0.1, 0.15) is 0 Å². The Balaban J connectivity index is 3.96. The highest BCUT2D eigenvalue weighted by molar-refractivity contribution is 5.75. The molecule has 0 rings (SSSR count). The molecule has 0 radical (unpaired) electrons. The maximum absolute atomic E-state index is 10.1. The van der Waals surface area contributed by atoms with E-state index in [9.17, 15) is 9.59 Å². The molecular weight excluding hydrogens is 136 g/mol. The Bertz CT molecular complexity index is 150. The number of hydrogen-bond acceptors (Lipinski definition) is 3. The van der Waals surface area contributed by atoms with Crippen molar-refractivity contribution >= 4 is 12.4 Å². The predicted molar refractivity (Wildman–Crippen MR) is 33.4 cm³/mol. The minimum atomic E-state index is -1.18. The number of ether oxygens (including phenoxy) is 1. The molecule has 4 nitrogen and oxygen atoms in total. The third kappa shape index (κ3) is 2.86. The summed E-state index contributed by atoms with van der Waals surface area (Å²) in [4.78, 5) is 19.8. The van der Waals surface area contributed by atoms with Crippen LogP contribution >= 0.6 is 0 Å². The van der Waals surface area contributed by atoms with Crippen molar-refractivity contribution in [3.05, 3.63) is 12.2 Å². The summed E-state index contributed by atoms with van der Waals surface area (Å²) < 4.78 is 4.18. The zero-order valence-corrected chi connectivity index (χ0v) is 5.48. The van der Waals surface area contributed by atoms with Gasteiger partial charge in [0, 0.05) is 0 Å². The van der Waals surface area contributed by atoms with Crippen LogP contribution in [0.5, 0.6) is 0 Å². The van der Waals surface area contributed by atoms with E-state index in [0.717, 1.165) is 0 Å². The monoisotopic (exact) mass is 144 g/mol. The third-order valence-corrected chi connectivity index (χ3v) is 0.813. The van der Waals surface area contributed by atoms with Crippen LogP contribution in [-0.2, 0) is 14.3 Å². The highest BCUT2D eigenvalue weighted by Crippen LogP contribution is 1.91. The smallest absolute Gasteiger partial charge is 0.349 e. The van der Waals surface area contributed by atoms with Crippen molar-refractivity contribution in [3.8, 4) is 0 Å². The topological polar surface area (TPSA) is 63.6 Å². The maximum atomic E-state index is 10.1. The van der Waals surface area contributed by atoms with Crippen molar-refractivity contribution in [2.45, 2.75) is 13.0 Å². The molecule has 4 heteroatoms. The molecule has 0 aliphatic carbocycles. The lowest BCUT2D eigenvalue weighted by Gasteiger charge is -2.02. The van der Waals surface area contributed by atoms with E-state index in [4.69, 9.17) is 5.11 Å². The minimum absolute atomic E-state index is 0.110. The van der Waals surface area contributed by atoms with Crippen LogP contribution in [0.1, 0.15) is 6.92 Å². The maximum Gasteiger partial charge on any atom is 0.349 e. The summed E-state index contributed by atoms with van der Waals surface area (Å²) in [6.07, 6.45) is 1.63. The van der Waals surface area contributed by atoms with Crippen LogP contribution in [0.2, 0.25) is 0 Å². The Morgan fingerprint density at radius 1 is 1.70 bits per heavy atom. The van der Waals surface area contributed by atoms with E-state index < -0.39 is 12.1 Å². The molecule has 0 aromatic carbocycles. The molecule has 10 heavy (non-hydrogen) atoms. The van der Waals surface area contributed by atoms with E-state index in [1.54, 1.807) is 6.92 Å². The van der Waals surface area contributed by atoms with Gasteiger partial charge in [-0.3, -0.25) is 4.79 Å². The van der Waals surface area contributed by atoms with Crippen LogP contribution in [0.4, 0.5) is 0 Å². The lowest BCUT2D eigenvalue weighted by atomic mass is 10.3. The van der Waals surface area contributed by atoms with E-state index in [0.29, 0.717) is 0 Å².